The Labute approximate surface area is 192 Å². The molecule has 31 heavy (non-hydrogen) atoms. The zero-order valence-corrected chi connectivity index (χ0v) is 22.2. The largest absolute Gasteiger partial charge is 0.254 e. The lowest BCUT2D eigenvalue weighted by Crippen LogP contribution is -2.35. The van der Waals surface area contributed by atoms with Gasteiger partial charge >= 0.3 is 0 Å². The second kappa shape index (κ2) is 10.4. The van der Waals surface area contributed by atoms with Crippen LogP contribution in [0.2, 0.25) is 0 Å². The Morgan fingerprint density at radius 1 is 0.645 bits per heavy atom. The first kappa shape index (κ1) is 24.2. The average Bonchev–Trinajstić information content (AvgIpc) is 3.17. The molecule has 0 saturated heterocycles. The standard InChI is InChI=1S/C27H39N2P2/c1-20(2)30(21(3)4)26-15-11-9-13-24(26)28-17-18-29(19-28)25-14-10-12-16-27(25)31(22(5)6)23(7)8/h9-23H,1-8H3/q+1. The molecule has 0 aliphatic heterocycles. The molecule has 2 aromatic carbocycles. The van der Waals surface area contributed by atoms with Crippen LogP contribution in [0.4, 0.5) is 0 Å². The molecular weight excluding hydrogens is 414 g/mol. The lowest BCUT2D eigenvalue weighted by atomic mass is 10.3. The normalized spacial score (nSPS) is 12.3. The van der Waals surface area contributed by atoms with Gasteiger partial charge in [0.25, 0.3) is 6.33 Å². The van der Waals surface area contributed by atoms with Crippen molar-refractivity contribution in [2.45, 2.75) is 78.0 Å². The first-order chi connectivity index (χ1) is 14.7. The first-order valence-corrected chi connectivity index (χ1v) is 14.5. The van der Waals surface area contributed by atoms with Crippen LogP contribution < -0.4 is 15.2 Å². The van der Waals surface area contributed by atoms with Gasteiger partial charge in [0.2, 0.25) is 0 Å². The summed E-state index contributed by atoms with van der Waals surface area (Å²) in [5.74, 6) is 0. The third-order valence-electron chi connectivity index (χ3n) is 5.74. The van der Waals surface area contributed by atoms with Crippen LogP contribution in [0.1, 0.15) is 55.4 Å². The number of imidazole rings is 1. The minimum Gasteiger partial charge on any atom is -0.201 e. The molecule has 0 radical (unpaired) electrons. The fourth-order valence-electron chi connectivity index (χ4n) is 4.75. The molecule has 0 bridgehead atoms. The summed E-state index contributed by atoms with van der Waals surface area (Å²) < 4.78 is 4.64. The minimum absolute atomic E-state index is 0.224. The SMILES string of the molecule is CC(C)P(c1ccccc1-n1cc[n+](-c2ccccc2P(C(C)C)C(C)C)c1)C(C)C. The van der Waals surface area contributed by atoms with Crippen molar-refractivity contribution in [1.29, 1.82) is 0 Å². The summed E-state index contributed by atoms with van der Waals surface area (Å²) in [7, 11) is -0.448. The molecule has 0 fully saturated rings. The van der Waals surface area contributed by atoms with Gasteiger partial charge in [-0.15, -0.1) is 0 Å². The summed E-state index contributed by atoms with van der Waals surface area (Å²) in [4.78, 5) is 0. The number of hydrogen-bond donors (Lipinski definition) is 0. The van der Waals surface area contributed by atoms with E-state index in [1.807, 2.05) is 0 Å². The van der Waals surface area contributed by atoms with Crippen LogP contribution in [0, 0.1) is 0 Å². The fourth-order valence-corrected chi connectivity index (χ4v) is 10.8. The maximum Gasteiger partial charge on any atom is 0.254 e. The number of hydrogen-bond acceptors (Lipinski definition) is 0. The summed E-state index contributed by atoms with van der Waals surface area (Å²) >= 11 is 0. The van der Waals surface area contributed by atoms with Gasteiger partial charge in [0, 0.05) is 10.6 Å². The second-order valence-corrected chi connectivity index (χ2v) is 16.1. The molecule has 3 rings (SSSR count). The predicted octanol–water partition coefficient (Wildman–Crippen LogP) is 6.60. The molecule has 0 aliphatic rings. The van der Waals surface area contributed by atoms with Crippen LogP contribution in [-0.2, 0) is 0 Å². The topological polar surface area (TPSA) is 8.81 Å². The quantitative estimate of drug-likeness (QED) is 0.268. The Balaban J connectivity index is 2.08. The van der Waals surface area contributed by atoms with Gasteiger partial charge in [-0.1, -0.05) is 108 Å². The first-order valence-electron chi connectivity index (χ1n) is 11.6. The smallest absolute Gasteiger partial charge is 0.201 e. The lowest BCUT2D eigenvalue weighted by molar-refractivity contribution is -0.593. The van der Waals surface area contributed by atoms with E-state index in [4.69, 9.17) is 0 Å². The summed E-state index contributed by atoms with van der Waals surface area (Å²) in [6.45, 7) is 19.0. The zero-order valence-electron chi connectivity index (χ0n) is 20.4. The number of rotatable bonds is 8. The van der Waals surface area contributed by atoms with E-state index in [-0.39, 0.29) is 15.8 Å². The van der Waals surface area contributed by atoms with E-state index in [1.165, 1.54) is 22.0 Å². The highest BCUT2D eigenvalue weighted by Gasteiger charge is 2.26. The molecule has 0 aliphatic carbocycles. The monoisotopic (exact) mass is 453 g/mol. The summed E-state index contributed by atoms with van der Waals surface area (Å²) in [6, 6.07) is 18.0. The molecule has 1 aromatic heterocycles. The van der Waals surface area contributed by atoms with Gasteiger partial charge in [0.05, 0.1) is 0 Å². The van der Waals surface area contributed by atoms with Crippen LogP contribution in [0.15, 0.2) is 67.3 Å². The minimum atomic E-state index is -0.224. The Bertz CT molecular complexity index is 894. The molecule has 0 spiro atoms. The van der Waals surface area contributed by atoms with Crippen LogP contribution in [0.25, 0.3) is 11.4 Å². The Morgan fingerprint density at radius 3 is 1.71 bits per heavy atom. The maximum absolute atomic E-state index is 2.37. The van der Waals surface area contributed by atoms with Crippen molar-refractivity contribution in [1.82, 2.24) is 4.57 Å². The van der Waals surface area contributed by atoms with Crippen molar-refractivity contribution >= 4 is 26.5 Å². The van der Waals surface area contributed by atoms with Crippen molar-refractivity contribution in [2.24, 2.45) is 0 Å². The highest BCUT2D eigenvalue weighted by molar-refractivity contribution is 7.67. The molecule has 0 saturated carbocycles. The predicted molar refractivity (Wildman–Crippen MR) is 141 cm³/mol. The molecule has 0 atom stereocenters. The van der Waals surface area contributed by atoms with Crippen molar-refractivity contribution in [2.75, 3.05) is 0 Å². The zero-order chi connectivity index (χ0) is 22.7. The number of para-hydroxylation sites is 2. The summed E-state index contributed by atoms with van der Waals surface area (Å²) in [5, 5.41) is 3.01. The fraction of sp³-hybridized carbons (Fsp3) is 0.444. The van der Waals surface area contributed by atoms with Crippen LogP contribution in [-0.4, -0.2) is 27.2 Å². The van der Waals surface area contributed by atoms with Gasteiger partial charge < -0.3 is 0 Å². The third-order valence-corrected chi connectivity index (χ3v) is 12.1. The maximum atomic E-state index is 2.37. The van der Waals surface area contributed by atoms with Gasteiger partial charge in [-0.25, -0.2) is 9.13 Å². The molecule has 4 heteroatoms. The van der Waals surface area contributed by atoms with E-state index in [0.717, 1.165) is 0 Å². The van der Waals surface area contributed by atoms with Gasteiger partial charge in [-0.3, -0.25) is 0 Å². The van der Waals surface area contributed by atoms with Crippen LogP contribution in [0.5, 0.6) is 0 Å². The second-order valence-electron chi connectivity index (χ2n) is 9.40. The molecule has 0 N–H and O–H groups in total. The molecule has 0 amide bonds. The van der Waals surface area contributed by atoms with E-state index in [0.29, 0.717) is 22.6 Å². The third kappa shape index (κ3) is 5.30. The lowest BCUT2D eigenvalue weighted by Gasteiger charge is -2.27. The average molecular weight is 454 g/mol. The summed E-state index contributed by atoms with van der Waals surface area (Å²) in [6.07, 6.45) is 6.70. The number of benzene rings is 2. The van der Waals surface area contributed by atoms with E-state index in [2.05, 4.69) is 132 Å². The van der Waals surface area contributed by atoms with Gasteiger partial charge in [-0.2, -0.15) is 0 Å². The van der Waals surface area contributed by atoms with Crippen LogP contribution >= 0.6 is 15.8 Å². The molecule has 166 valence electrons. The van der Waals surface area contributed by atoms with Gasteiger partial charge in [0.15, 0.2) is 0 Å². The Morgan fingerprint density at radius 2 is 1.13 bits per heavy atom. The number of aromatic nitrogens is 2. The van der Waals surface area contributed by atoms with Gasteiger partial charge in [0.1, 0.15) is 23.8 Å². The van der Waals surface area contributed by atoms with Gasteiger partial charge in [-0.05, 0) is 34.8 Å². The molecule has 0 unspecified atom stereocenters. The van der Waals surface area contributed by atoms with E-state index >= 15 is 0 Å². The highest BCUT2D eigenvalue weighted by atomic mass is 31.1. The van der Waals surface area contributed by atoms with Crippen molar-refractivity contribution < 1.29 is 4.57 Å². The van der Waals surface area contributed by atoms with Crippen molar-refractivity contribution in [3.63, 3.8) is 0 Å². The molecule has 3 aromatic rings. The highest BCUT2D eigenvalue weighted by Crippen LogP contribution is 2.47. The van der Waals surface area contributed by atoms with Crippen molar-refractivity contribution in [3.8, 4) is 11.4 Å². The number of nitrogens with zero attached hydrogens (tertiary/aromatic N) is 2. The Kier molecular flexibility index (Phi) is 8.12. The summed E-state index contributed by atoms with van der Waals surface area (Å²) in [5.41, 5.74) is 5.31. The van der Waals surface area contributed by atoms with E-state index in [1.54, 1.807) is 0 Å². The molecule has 1 heterocycles. The van der Waals surface area contributed by atoms with E-state index in [9.17, 15) is 0 Å². The molecule has 2 nitrogen and oxygen atoms in total. The van der Waals surface area contributed by atoms with E-state index < -0.39 is 0 Å². The molecular formula is C27H39N2P2+. The Hall–Kier alpha value is -1.49. The van der Waals surface area contributed by atoms with Crippen molar-refractivity contribution in [3.05, 3.63) is 67.3 Å². The van der Waals surface area contributed by atoms with Crippen LogP contribution in [0.3, 0.4) is 0 Å².